The van der Waals surface area contributed by atoms with Crippen LogP contribution in [0.25, 0.3) is 11.4 Å². The van der Waals surface area contributed by atoms with Gasteiger partial charge < -0.3 is 10.3 Å². The number of non-ortho nitro benzene ring substituents is 1. The smallest absolute Gasteiger partial charge is 0.270 e. The number of nitrogens with zero attached hydrogens (tertiary/aromatic N) is 3. The molecule has 0 amide bonds. The minimum atomic E-state index is -0.478. The lowest BCUT2D eigenvalue weighted by molar-refractivity contribution is -0.384. The van der Waals surface area contributed by atoms with Crippen LogP contribution < -0.4 is 5.73 Å². The zero-order chi connectivity index (χ0) is 13.8. The fourth-order valence-electron chi connectivity index (χ4n) is 1.54. The predicted octanol–water partition coefficient (Wildman–Crippen LogP) is 2.22. The number of benzene rings is 1. The van der Waals surface area contributed by atoms with Crippen LogP contribution in [0.5, 0.6) is 0 Å². The van der Waals surface area contributed by atoms with Crippen LogP contribution in [0.2, 0.25) is 0 Å². The second-order valence-corrected chi connectivity index (χ2v) is 3.89. The zero-order valence-electron chi connectivity index (χ0n) is 10.0. The maximum absolute atomic E-state index is 10.7. The molecule has 7 nitrogen and oxygen atoms in total. The van der Waals surface area contributed by atoms with Crippen molar-refractivity contribution in [2.24, 2.45) is 5.73 Å². The highest BCUT2D eigenvalue weighted by molar-refractivity contribution is 5.58. The van der Waals surface area contributed by atoms with Crippen LogP contribution in [0.1, 0.15) is 18.4 Å². The molecule has 1 unspecified atom stereocenters. The van der Waals surface area contributed by atoms with Crippen LogP contribution in [-0.4, -0.2) is 15.1 Å². The van der Waals surface area contributed by atoms with Gasteiger partial charge >= 0.3 is 0 Å². The van der Waals surface area contributed by atoms with Crippen LogP contribution >= 0.6 is 0 Å². The standard InChI is InChI=1S/C12H12N4O3/c1-2-4-10(13)12-14-11(15-19-12)8-5-3-6-9(7-8)16(17)18/h2-3,5-7,10H,1,4,13H2. The summed E-state index contributed by atoms with van der Waals surface area (Å²) in [5.74, 6) is 0.555. The first kappa shape index (κ1) is 12.9. The Labute approximate surface area is 108 Å². The molecule has 0 aliphatic heterocycles. The molecule has 2 rings (SSSR count). The Bertz CT molecular complexity index is 609. The Morgan fingerprint density at radius 1 is 1.58 bits per heavy atom. The summed E-state index contributed by atoms with van der Waals surface area (Å²) < 4.78 is 5.03. The van der Waals surface area contributed by atoms with Gasteiger partial charge in [0, 0.05) is 17.7 Å². The Balaban J connectivity index is 2.30. The summed E-state index contributed by atoms with van der Waals surface area (Å²) in [4.78, 5) is 14.3. The monoisotopic (exact) mass is 260 g/mol. The summed E-state index contributed by atoms with van der Waals surface area (Å²) in [5.41, 5.74) is 6.28. The number of hydrogen-bond acceptors (Lipinski definition) is 6. The van der Waals surface area contributed by atoms with Crippen LogP contribution in [0.3, 0.4) is 0 Å². The molecule has 2 N–H and O–H groups in total. The average Bonchev–Trinajstić information content (AvgIpc) is 2.89. The molecule has 0 radical (unpaired) electrons. The normalized spacial score (nSPS) is 12.1. The van der Waals surface area contributed by atoms with Gasteiger partial charge in [-0.3, -0.25) is 10.1 Å². The molecular formula is C12H12N4O3. The second-order valence-electron chi connectivity index (χ2n) is 3.89. The molecule has 0 bridgehead atoms. The molecule has 0 saturated carbocycles. The van der Waals surface area contributed by atoms with E-state index in [1.165, 1.54) is 12.1 Å². The molecule has 1 aromatic heterocycles. The van der Waals surface area contributed by atoms with Crippen LogP contribution in [0.4, 0.5) is 5.69 Å². The molecule has 0 aliphatic carbocycles. The van der Waals surface area contributed by atoms with Gasteiger partial charge in [0.1, 0.15) is 0 Å². The van der Waals surface area contributed by atoms with E-state index in [0.29, 0.717) is 12.0 Å². The maximum atomic E-state index is 10.7. The van der Waals surface area contributed by atoms with Gasteiger partial charge in [0.25, 0.3) is 5.69 Å². The summed E-state index contributed by atoms with van der Waals surface area (Å²) in [5, 5.41) is 14.5. The van der Waals surface area contributed by atoms with E-state index in [4.69, 9.17) is 10.3 Å². The quantitative estimate of drug-likeness (QED) is 0.501. The number of nitro benzene ring substituents is 1. The SMILES string of the molecule is C=CCC(N)c1nc(-c2cccc([N+](=O)[O-])c2)no1. The fourth-order valence-corrected chi connectivity index (χ4v) is 1.54. The van der Waals surface area contributed by atoms with Crippen molar-refractivity contribution in [3.05, 3.63) is 52.9 Å². The highest BCUT2D eigenvalue weighted by Gasteiger charge is 2.16. The molecule has 0 aliphatic rings. The lowest BCUT2D eigenvalue weighted by Gasteiger charge is -2.00. The highest BCUT2D eigenvalue weighted by atomic mass is 16.6. The lowest BCUT2D eigenvalue weighted by atomic mass is 10.2. The van der Waals surface area contributed by atoms with E-state index >= 15 is 0 Å². The summed E-state index contributed by atoms with van der Waals surface area (Å²) in [6.07, 6.45) is 2.17. The zero-order valence-corrected chi connectivity index (χ0v) is 10.0. The number of aromatic nitrogens is 2. The van der Waals surface area contributed by atoms with Gasteiger partial charge in [-0.15, -0.1) is 6.58 Å². The Kier molecular flexibility index (Phi) is 3.67. The van der Waals surface area contributed by atoms with Crippen molar-refractivity contribution < 1.29 is 9.45 Å². The van der Waals surface area contributed by atoms with E-state index in [9.17, 15) is 10.1 Å². The van der Waals surface area contributed by atoms with Crippen LogP contribution in [-0.2, 0) is 0 Å². The van der Waals surface area contributed by atoms with E-state index in [-0.39, 0.29) is 17.4 Å². The van der Waals surface area contributed by atoms with Gasteiger partial charge in [-0.1, -0.05) is 23.4 Å². The van der Waals surface area contributed by atoms with Gasteiger partial charge in [-0.25, -0.2) is 0 Å². The molecule has 1 atom stereocenters. The first-order chi connectivity index (χ1) is 9.11. The van der Waals surface area contributed by atoms with Gasteiger partial charge in [0.15, 0.2) is 0 Å². The number of nitrogens with two attached hydrogens (primary N) is 1. The van der Waals surface area contributed by atoms with Crippen molar-refractivity contribution in [1.29, 1.82) is 0 Å². The Morgan fingerprint density at radius 3 is 3.05 bits per heavy atom. The van der Waals surface area contributed by atoms with Crippen LogP contribution in [0.15, 0.2) is 41.4 Å². The molecular weight excluding hydrogens is 248 g/mol. The van der Waals surface area contributed by atoms with Crippen molar-refractivity contribution in [2.75, 3.05) is 0 Å². The highest BCUT2D eigenvalue weighted by Crippen LogP contribution is 2.23. The number of rotatable bonds is 5. The Hall–Kier alpha value is -2.54. The molecule has 1 heterocycles. The predicted molar refractivity (Wildman–Crippen MR) is 68.1 cm³/mol. The van der Waals surface area contributed by atoms with E-state index in [1.54, 1.807) is 18.2 Å². The summed E-state index contributed by atoms with van der Waals surface area (Å²) in [7, 11) is 0. The van der Waals surface area contributed by atoms with Crippen molar-refractivity contribution >= 4 is 5.69 Å². The fraction of sp³-hybridized carbons (Fsp3) is 0.167. The van der Waals surface area contributed by atoms with Gasteiger partial charge in [0.2, 0.25) is 11.7 Å². The maximum Gasteiger partial charge on any atom is 0.270 e. The van der Waals surface area contributed by atoms with E-state index in [0.717, 1.165) is 0 Å². The van der Waals surface area contributed by atoms with E-state index < -0.39 is 11.0 Å². The summed E-state index contributed by atoms with van der Waals surface area (Å²) in [6, 6.07) is 5.59. The summed E-state index contributed by atoms with van der Waals surface area (Å²) in [6.45, 7) is 3.58. The van der Waals surface area contributed by atoms with E-state index in [2.05, 4.69) is 16.7 Å². The summed E-state index contributed by atoms with van der Waals surface area (Å²) >= 11 is 0. The molecule has 1 aromatic carbocycles. The molecule has 2 aromatic rings. The van der Waals surface area contributed by atoms with Crippen LogP contribution in [0, 0.1) is 10.1 Å². The molecule has 0 saturated heterocycles. The second kappa shape index (κ2) is 5.40. The average molecular weight is 260 g/mol. The van der Waals surface area contributed by atoms with E-state index in [1.807, 2.05) is 0 Å². The van der Waals surface area contributed by atoms with Gasteiger partial charge in [0.05, 0.1) is 11.0 Å². The lowest BCUT2D eigenvalue weighted by Crippen LogP contribution is -2.09. The third-order valence-electron chi connectivity index (χ3n) is 2.49. The first-order valence-corrected chi connectivity index (χ1v) is 5.56. The minimum absolute atomic E-state index is 0.0285. The van der Waals surface area contributed by atoms with Crippen molar-refractivity contribution in [3.8, 4) is 11.4 Å². The number of nitro groups is 1. The third-order valence-corrected chi connectivity index (χ3v) is 2.49. The molecule has 0 fully saturated rings. The molecule has 98 valence electrons. The largest absolute Gasteiger partial charge is 0.337 e. The van der Waals surface area contributed by atoms with Crippen molar-refractivity contribution in [2.45, 2.75) is 12.5 Å². The molecule has 7 heteroatoms. The first-order valence-electron chi connectivity index (χ1n) is 5.56. The molecule has 0 spiro atoms. The van der Waals surface area contributed by atoms with Gasteiger partial charge in [-0.2, -0.15) is 4.98 Å². The van der Waals surface area contributed by atoms with Gasteiger partial charge in [-0.05, 0) is 6.42 Å². The van der Waals surface area contributed by atoms with Crippen molar-refractivity contribution in [3.63, 3.8) is 0 Å². The Morgan fingerprint density at radius 2 is 2.37 bits per heavy atom. The number of hydrogen-bond donors (Lipinski definition) is 1. The topological polar surface area (TPSA) is 108 Å². The van der Waals surface area contributed by atoms with Crippen molar-refractivity contribution in [1.82, 2.24) is 10.1 Å². The molecule has 19 heavy (non-hydrogen) atoms. The third kappa shape index (κ3) is 2.83. The minimum Gasteiger partial charge on any atom is -0.337 e.